The lowest BCUT2D eigenvalue weighted by Crippen LogP contribution is -2.38. The zero-order valence-electron chi connectivity index (χ0n) is 9.67. The van der Waals surface area contributed by atoms with Crippen LogP contribution in [-0.4, -0.2) is 25.5 Å². The lowest BCUT2D eigenvalue weighted by molar-refractivity contribution is -0.138. The summed E-state index contributed by atoms with van der Waals surface area (Å²) in [6.07, 6.45) is 0.720. The highest BCUT2D eigenvalue weighted by molar-refractivity contribution is 7.89. The molecule has 0 unspecified atom stereocenters. The largest absolute Gasteiger partial charge is 0.480 e. The van der Waals surface area contributed by atoms with E-state index in [1.54, 1.807) is 6.07 Å². The molecule has 0 heterocycles. The summed E-state index contributed by atoms with van der Waals surface area (Å²) in [5.74, 6) is -1.21. The summed E-state index contributed by atoms with van der Waals surface area (Å²) in [7, 11) is -3.77. The topological polar surface area (TPSA) is 83.5 Å². The van der Waals surface area contributed by atoms with Crippen molar-refractivity contribution >= 4 is 16.0 Å². The average molecular weight is 257 g/mol. The summed E-state index contributed by atoms with van der Waals surface area (Å²) in [5.41, 5.74) is 0.885. The van der Waals surface area contributed by atoms with Gasteiger partial charge in [0.15, 0.2) is 0 Å². The lowest BCUT2D eigenvalue weighted by atomic mass is 10.2. The van der Waals surface area contributed by atoms with Crippen LogP contribution in [0.15, 0.2) is 29.2 Å². The maximum absolute atomic E-state index is 11.8. The normalized spacial score (nSPS) is 13.3. The van der Waals surface area contributed by atoms with Crippen LogP contribution in [0, 0.1) is 0 Å². The fourth-order valence-electron chi connectivity index (χ4n) is 1.28. The average Bonchev–Trinajstić information content (AvgIpc) is 2.28. The predicted molar refractivity (Wildman–Crippen MR) is 63.2 cm³/mol. The van der Waals surface area contributed by atoms with Crippen LogP contribution in [-0.2, 0) is 21.2 Å². The Morgan fingerprint density at radius 3 is 2.65 bits per heavy atom. The molecular formula is C11H15NO4S. The smallest absolute Gasteiger partial charge is 0.321 e. The molecule has 0 amide bonds. The van der Waals surface area contributed by atoms with Gasteiger partial charge in [-0.1, -0.05) is 19.1 Å². The molecule has 5 nitrogen and oxygen atoms in total. The van der Waals surface area contributed by atoms with Crippen molar-refractivity contribution in [2.45, 2.75) is 31.2 Å². The van der Waals surface area contributed by atoms with Gasteiger partial charge in [0.25, 0.3) is 0 Å². The lowest BCUT2D eigenvalue weighted by Gasteiger charge is -2.10. The Bertz CT molecular complexity index is 510. The standard InChI is InChI=1S/C11H15NO4S/c1-3-9-5-4-6-10(7-9)17(15,16)12-8(2)11(13)14/h4-8,12H,3H2,1-2H3,(H,13,14)/t8-/m1/s1. The SMILES string of the molecule is CCc1cccc(S(=O)(=O)N[C@H](C)C(=O)O)c1. The summed E-state index contributed by atoms with van der Waals surface area (Å²) in [4.78, 5) is 10.7. The Hall–Kier alpha value is -1.40. The molecule has 94 valence electrons. The highest BCUT2D eigenvalue weighted by atomic mass is 32.2. The molecule has 0 bridgehead atoms. The summed E-state index contributed by atoms with van der Waals surface area (Å²) < 4.78 is 25.8. The predicted octanol–water partition coefficient (Wildman–Crippen LogP) is 1.00. The molecule has 1 aromatic rings. The van der Waals surface area contributed by atoms with Crippen LogP contribution < -0.4 is 4.72 Å². The Balaban J connectivity index is 3.01. The van der Waals surface area contributed by atoms with E-state index in [1.165, 1.54) is 19.1 Å². The Morgan fingerprint density at radius 1 is 1.47 bits per heavy atom. The van der Waals surface area contributed by atoms with Crippen LogP contribution in [0.1, 0.15) is 19.4 Å². The van der Waals surface area contributed by atoms with Crippen molar-refractivity contribution in [1.29, 1.82) is 0 Å². The van der Waals surface area contributed by atoms with Gasteiger partial charge in [-0.3, -0.25) is 4.79 Å². The number of sulfonamides is 1. The van der Waals surface area contributed by atoms with Crippen molar-refractivity contribution in [3.63, 3.8) is 0 Å². The first-order valence-corrected chi connectivity index (χ1v) is 6.69. The van der Waals surface area contributed by atoms with Crippen molar-refractivity contribution < 1.29 is 18.3 Å². The second-order valence-corrected chi connectivity index (χ2v) is 5.40. The Morgan fingerprint density at radius 2 is 2.12 bits per heavy atom. The molecule has 0 aliphatic rings. The van der Waals surface area contributed by atoms with Crippen molar-refractivity contribution in [1.82, 2.24) is 4.72 Å². The molecule has 0 fully saturated rings. The third kappa shape index (κ3) is 3.54. The minimum absolute atomic E-state index is 0.0879. The number of benzene rings is 1. The minimum Gasteiger partial charge on any atom is -0.480 e. The van der Waals surface area contributed by atoms with Crippen LogP contribution in [0.3, 0.4) is 0 Å². The van der Waals surface area contributed by atoms with E-state index in [-0.39, 0.29) is 4.90 Å². The van der Waals surface area contributed by atoms with Gasteiger partial charge in [0.05, 0.1) is 4.90 Å². The molecule has 2 N–H and O–H groups in total. The molecule has 0 saturated heterocycles. The summed E-state index contributed by atoms with van der Waals surface area (Å²) in [5, 5.41) is 8.67. The van der Waals surface area contributed by atoms with E-state index < -0.39 is 22.0 Å². The van der Waals surface area contributed by atoms with Gasteiger partial charge in [-0.2, -0.15) is 4.72 Å². The number of hydrogen-bond donors (Lipinski definition) is 2. The van der Waals surface area contributed by atoms with E-state index in [4.69, 9.17) is 5.11 Å². The summed E-state index contributed by atoms with van der Waals surface area (Å²) in [6.45, 7) is 3.20. The minimum atomic E-state index is -3.77. The van der Waals surface area contributed by atoms with Gasteiger partial charge in [0, 0.05) is 0 Å². The van der Waals surface area contributed by atoms with Gasteiger partial charge in [0.2, 0.25) is 10.0 Å². The van der Waals surface area contributed by atoms with Crippen LogP contribution >= 0.6 is 0 Å². The van der Waals surface area contributed by atoms with Gasteiger partial charge >= 0.3 is 5.97 Å². The highest BCUT2D eigenvalue weighted by Gasteiger charge is 2.21. The van der Waals surface area contributed by atoms with Gasteiger partial charge in [-0.15, -0.1) is 0 Å². The van der Waals surface area contributed by atoms with Crippen molar-refractivity contribution in [3.05, 3.63) is 29.8 Å². The molecule has 1 rings (SSSR count). The number of carboxylic acid groups (broad SMARTS) is 1. The van der Waals surface area contributed by atoms with Crippen molar-refractivity contribution in [3.8, 4) is 0 Å². The molecule has 0 saturated carbocycles. The fraction of sp³-hybridized carbons (Fsp3) is 0.364. The third-order valence-electron chi connectivity index (χ3n) is 2.32. The first-order valence-electron chi connectivity index (χ1n) is 5.21. The maximum Gasteiger partial charge on any atom is 0.321 e. The molecule has 1 aromatic carbocycles. The fourth-order valence-corrected chi connectivity index (χ4v) is 2.55. The first kappa shape index (κ1) is 13.7. The molecule has 0 aliphatic heterocycles. The van der Waals surface area contributed by atoms with Crippen LogP contribution in [0.25, 0.3) is 0 Å². The third-order valence-corrected chi connectivity index (χ3v) is 3.86. The second kappa shape index (κ2) is 5.29. The zero-order chi connectivity index (χ0) is 13.1. The van der Waals surface area contributed by atoms with Crippen LogP contribution in [0.2, 0.25) is 0 Å². The number of aryl methyl sites for hydroxylation is 1. The van der Waals surface area contributed by atoms with E-state index in [9.17, 15) is 13.2 Å². The van der Waals surface area contributed by atoms with Crippen molar-refractivity contribution in [2.24, 2.45) is 0 Å². The van der Waals surface area contributed by atoms with E-state index in [0.29, 0.717) is 0 Å². The first-order chi connectivity index (χ1) is 7.86. The van der Waals surface area contributed by atoms with E-state index >= 15 is 0 Å². The molecule has 0 radical (unpaired) electrons. The number of aliphatic carboxylic acids is 1. The molecule has 0 spiro atoms. The van der Waals surface area contributed by atoms with Gasteiger partial charge in [0.1, 0.15) is 6.04 Å². The second-order valence-electron chi connectivity index (χ2n) is 3.68. The van der Waals surface area contributed by atoms with Gasteiger partial charge in [-0.05, 0) is 31.0 Å². The van der Waals surface area contributed by atoms with Crippen LogP contribution in [0.4, 0.5) is 0 Å². The molecule has 0 aliphatic carbocycles. The van der Waals surface area contributed by atoms with E-state index in [1.807, 2.05) is 13.0 Å². The monoisotopic (exact) mass is 257 g/mol. The maximum atomic E-state index is 11.8. The van der Waals surface area contributed by atoms with Gasteiger partial charge < -0.3 is 5.11 Å². The molecule has 1 atom stereocenters. The molecule has 6 heteroatoms. The van der Waals surface area contributed by atoms with Gasteiger partial charge in [-0.25, -0.2) is 8.42 Å². The van der Waals surface area contributed by atoms with Crippen molar-refractivity contribution in [2.75, 3.05) is 0 Å². The number of hydrogen-bond acceptors (Lipinski definition) is 3. The number of nitrogens with one attached hydrogen (secondary N) is 1. The summed E-state index contributed by atoms with van der Waals surface area (Å²) >= 11 is 0. The zero-order valence-corrected chi connectivity index (χ0v) is 10.5. The molecule has 0 aromatic heterocycles. The molecule has 17 heavy (non-hydrogen) atoms. The molecular weight excluding hydrogens is 242 g/mol. The Labute approximate surface area is 101 Å². The summed E-state index contributed by atoms with van der Waals surface area (Å²) in [6, 6.07) is 5.29. The van der Waals surface area contributed by atoms with E-state index in [0.717, 1.165) is 12.0 Å². The van der Waals surface area contributed by atoms with Crippen LogP contribution in [0.5, 0.6) is 0 Å². The highest BCUT2D eigenvalue weighted by Crippen LogP contribution is 2.12. The quantitative estimate of drug-likeness (QED) is 0.824. The van der Waals surface area contributed by atoms with E-state index in [2.05, 4.69) is 4.72 Å². The number of carbonyl (C=O) groups is 1. The Kier molecular flexibility index (Phi) is 4.25. The number of carboxylic acids is 1. The number of rotatable bonds is 5.